The minimum Gasteiger partial charge on any atom is -0.326 e. The average molecular weight is 435 g/mol. The largest absolute Gasteiger partial charge is 0.326 e. The number of carbonyl (C=O) groups excluding carboxylic acids is 2. The Morgan fingerprint density at radius 2 is 1.93 bits per heavy atom. The standard InChI is InChI=1S/C19H16Cl2N4O2S/c1-11(12-5-7-13(20)8-6-12)24-25-19-23-18(27)16(28-19)10-17(26)22-15-4-2-3-14(21)9-15/h2-9,16H,10H2,1H3,(H,22,26)(H,23,25,27)/b24-11-/t16-/m1/s1. The van der Waals surface area contributed by atoms with Crippen LogP contribution in [0.15, 0.2) is 58.7 Å². The van der Waals surface area contributed by atoms with Crippen molar-refractivity contribution in [2.24, 2.45) is 10.2 Å². The van der Waals surface area contributed by atoms with Crippen LogP contribution in [0.5, 0.6) is 0 Å². The first-order valence-electron chi connectivity index (χ1n) is 8.32. The summed E-state index contributed by atoms with van der Waals surface area (Å²) in [6.07, 6.45) is 0.0158. The molecule has 0 saturated carbocycles. The van der Waals surface area contributed by atoms with E-state index in [9.17, 15) is 9.59 Å². The number of amidine groups is 1. The van der Waals surface area contributed by atoms with Crippen LogP contribution in [0.2, 0.25) is 10.0 Å². The van der Waals surface area contributed by atoms with Gasteiger partial charge in [-0.15, -0.1) is 5.10 Å². The van der Waals surface area contributed by atoms with Crippen LogP contribution in [0.1, 0.15) is 18.9 Å². The minimum absolute atomic E-state index is 0.0158. The summed E-state index contributed by atoms with van der Waals surface area (Å²) < 4.78 is 0. The Morgan fingerprint density at radius 3 is 2.64 bits per heavy atom. The number of hydrogen-bond donors (Lipinski definition) is 2. The van der Waals surface area contributed by atoms with E-state index < -0.39 is 5.25 Å². The lowest BCUT2D eigenvalue weighted by atomic mass is 10.1. The first-order chi connectivity index (χ1) is 13.4. The molecular weight excluding hydrogens is 419 g/mol. The second-order valence-electron chi connectivity index (χ2n) is 5.96. The zero-order chi connectivity index (χ0) is 20.1. The Morgan fingerprint density at radius 1 is 1.18 bits per heavy atom. The van der Waals surface area contributed by atoms with Crippen LogP contribution in [0.25, 0.3) is 0 Å². The molecule has 144 valence electrons. The van der Waals surface area contributed by atoms with Gasteiger partial charge < -0.3 is 10.6 Å². The molecule has 0 spiro atoms. The van der Waals surface area contributed by atoms with E-state index in [2.05, 4.69) is 20.8 Å². The molecule has 0 unspecified atom stereocenters. The molecule has 28 heavy (non-hydrogen) atoms. The van der Waals surface area contributed by atoms with E-state index in [1.807, 2.05) is 19.1 Å². The Hall–Kier alpha value is -2.35. The van der Waals surface area contributed by atoms with Crippen LogP contribution in [0.4, 0.5) is 5.69 Å². The van der Waals surface area contributed by atoms with Gasteiger partial charge in [-0.2, -0.15) is 5.10 Å². The summed E-state index contributed by atoms with van der Waals surface area (Å²) in [6.45, 7) is 1.81. The molecule has 2 amide bonds. The van der Waals surface area contributed by atoms with Gasteiger partial charge in [-0.3, -0.25) is 9.59 Å². The number of amides is 2. The number of halogens is 2. The maximum absolute atomic E-state index is 12.2. The van der Waals surface area contributed by atoms with Gasteiger partial charge in [0.25, 0.3) is 0 Å². The topological polar surface area (TPSA) is 82.9 Å². The minimum atomic E-state index is -0.566. The zero-order valence-corrected chi connectivity index (χ0v) is 17.1. The van der Waals surface area contributed by atoms with Crippen LogP contribution in [0, 0.1) is 0 Å². The summed E-state index contributed by atoms with van der Waals surface area (Å²) in [7, 11) is 0. The highest BCUT2D eigenvalue weighted by Gasteiger charge is 2.32. The van der Waals surface area contributed by atoms with Crippen LogP contribution < -0.4 is 10.6 Å². The fourth-order valence-electron chi connectivity index (χ4n) is 2.40. The third-order valence-electron chi connectivity index (χ3n) is 3.81. The monoisotopic (exact) mass is 434 g/mol. The lowest BCUT2D eigenvalue weighted by Gasteiger charge is -2.07. The highest BCUT2D eigenvalue weighted by atomic mass is 35.5. The molecule has 1 aliphatic heterocycles. The molecule has 0 radical (unpaired) electrons. The van der Waals surface area contributed by atoms with Gasteiger partial charge in [-0.25, -0.2) is 0 Å². The van der Waals surface area contributed by atoms with E-state index in [0.29, 0.717) is 26.6 Å². The summed E-state index contributed by atoms with van der Waals surface area (Å²) in [5.41, 5.74) is 2.14. The van der Waals surface area contributed by atoms with Crippen molar-refractivity contribution in [2.45, 2.75) is 18.6 Å². The lowest BCUT2D eigenvalue weighted by molar-refractivity contribution is -0.122. The van der Waals surface area contributed by atoms with E-state index in [1.54, 1.807) is 36.4 Å². The van der Waals surface area contributed by atoms with E-state index in [1.165, 1.54) is 11.8 Å². The predicted octanol–water partition coefficient (Wildman–Crippen LogP) is 4.33. The summed E-state index contributed by atoms with van der Waals surface area (Å²) in [6, 6.07) is 14.0. The van der Waals surface area contributed by atoms with Crippen molar-refractivity contribution in [1.82, 2.24) is 5.32 Å². The predicted molar refractivity (Wildman–Crippen MR) is 115 cm³/mol. The molecule has 1 atom stereocenters. The van der Waals surface area contributed by atoms with Crippen molar-refractivity contribution in [3.63, 3.8) is 0 Å². The lowest BCUT2D eigenvalue weighted by Crippen LogP contribution is -2.28. The summed E-state index contributed by atoms with van der Waals surface area (Å²) in [4.78, 5) is 24.3. The van der Waals surface area contributed by atoms with Crippen molar-refractivity contribution in [3.8, 4) is 0 Å². The quantitative estimate of drug-likeness (QED) is 0.542. The molecule has 0 aliphatic carbocycles. The molecular formula is C19H16Cl2N4O2S. The maximum atomic E-state index is 12.2. The average Bonchev–Trinajstić information content (AvgIpc) is 2.99. The Labute approximate surface area is 176 Å². The molecule has 0 aromatic heterocycles. The fraction of sp³-hybridized carbons (Fsp3) is 0.158. The Kier molecular flexibility index (Phi) is 6.72. The van der Waals surface area contributed by atoms with Crippen molar-refractivity contribution in [1.29, 1.82) is 0 Å². The number of nitrogens with zero attached hydrogens (tertiary/aromatic N) is 2. The summed E-state index contributed by atoms with van der Waals surface area (Å²) in [5, 5.41) is 14.5. The van der Waals surface area contributed by atoms with Gasteiger partial charge in [-0.1, -0.05) is 53.2 Å². The molecule has 9 heteroatoms. The molecule has 1 heterocycles. The SMILES string of the molecule is C/C(=N/N=C1/NC(=O)[C@@H](CC(=O)Nc2cccc(Cl)c2)S1)c1ccc(Cl)cc1. The van der Waals surface area contributed by atoms with Gasteiger partial charge in [0.05, 0.1) is 5.71 Å². The highest BCUT2D eigenvalue weighted by Crippen LogP contribution is 2.23. The third-order valence-corrected chi connectivity index (χ3v) is 5.37. The summed E-state index contributed by atoms with van der Waals surface area (Å²) in [5.74, 6) is -0.554. The van der Waals surface area contributed by atoms with Gasteiger partial charge in [0.2, 0.25) is 11.8 Å². The molecule has 2 aromatic carbocycles. The second kappa shape index (κ2) is 9.23. The number of benzene rings is 2. The zero-order valence-electron chi connectivity index (χ0n) is 14.8. The smallest absolute Gasteiger partial charge is 0.240 e. The van der Waals surface area contributed by atoms with Gasteiger partial charge in [-0.05, 0) is 42.8 Å². The number of rotatable bonds is 5. The molecule has 1 aliphatic rings. The van der Waals surface area contributed by atoms with Gasteiger partial charge in [0.15, 0.2) is 5.17 Å². The van der Waals surface area contributed by atoms with Gasteiger partial charge in [0, 0.05) is 22.2 Å². The van der Waals surface area contributed by atoms with E-state index in [0.717, 1.165) is 5.56 Å². The number of anilines is 1. The van der Waals surface area contributed by atoms with E-state index in [4.69, 9.17) is 23.2 Å². The van der Waals surface area contributed by atoms with Crippen LogP contribution >= 0.6 is 35.0 Å². The molecule has 6 nitrogen and oxygen atoms in total. The van der Waals surface area contributed by atoms with Crippen LogP contribution in [-0.4, -0.2) is 27.9 Å². The summed E-state index contributed by atoms with van der Waals surface area (Å²) >= 11 is 12.9. The Bertz CT molecular complexity index is 961. The van der Waals surface area contributed by atoms with Crippen LogP contribution in [-0.2, 0) is 9.59 Å². The molecule has 2 N–H and O–H groups in total. The first kappa shape index (κ1) is 20.4. The molecule has 1 saturated heterocycles. The number of hydrogen-bond acceptors (Lipinski definition) is 5. The first-order valence-corrected chi connectivity index (χ1v) is 9.95. The van der Waals surface area contributed by atoms with Gasteiger partial charge in [0.1, 0.15) is 5.25 Å². The molecule has 3 rings (SSSR count). The van der Waals surface area contributed by atoms with Crippen molar-refractivity contribution in [3.05, 3.63) is 64.1 Å². The van der Waals surface area contributed by atoms with Crippen molar-refractivity contribution < 1.29 is 9.59 Å². The van der Waals surface area contributed by atoms with E-state index >= 15 is 0 Å². The number of nitrogens with one attached hydrogen (secondary N) is 2. The normalized spacial score (nSPS) is 18.2. The van der Waals surface area contributed by atoms with Crippen LogP contribution in [0.3, 0.4) is 0 Å². The van der Waals surface area contributed by atoms with Crippen molar-refractivity contribution in [2.75, 3.05) is 5.32 Å². The Balaban J connectivity index is 1.59. The molecule has 0 bridgehead atoms. The number of thioether (sulfide) groups is 1. The highest BCUT2D eigenvalue weighted by molar-refractivity contribution is 8.15. The van der Waals surface area contributed by atoms with E-state index in [-0.39, 0.29) is 18.2 Å². The van der Waals surface area contributed by atoms with Gasteiger partial charge >= 0.3 is 0 Å². The molecule has 2 aromatic rings. The maximum Gasteiger partial charge on any atom is 0.240 e. The third kappa shape index (κ3) is 5.58. The van der Waals surface area contributed by atoms with Crippen molar-refractivity contribution >= 4 is 63.3 Å². The second-order valence-corrected chi connectivity index (χ2v) is 8.02. The molecule has 1 fully saturated rings. The number of carbonyl (C=O) groups is 2. The fourth-order valence-corrected chi connectivity index (χ4v) is 3.64.